The Hall–Kier alpha value is -1.42. The van der Waals surface area contributed by atoms with Crippen molar-refractivity contribution >= 4 is 5.91 Å². The number of aliphatic hydroxyl groups is 1. The summed E-state index contributed by atoms with van der Waals surface area (Å²) in [5, 5.41) is 10.2. The van der Waals surface area contributed by atoms with E-state index in [1.165, 1.54) is 0 Å². The molecule has 1 saturated heterocycles. The first-order valence-corrected chi connectivity index (χ1v) is 8.08. The summed E-state index contributed by atoms with van der Waals surface area (Å²) < 4.78 is 0. The number of pyridine rings is 1. The number of hydrogen-bond donors (Lipinski definition) is 1. The van der Waals surface area contributed by atoms with E-state index in [0.717, 1.165) is 56.3 Å². The van der Waals surface area contributed by atoms with Crippen molar-refractivity contribution in [1.82, 2.24) is 9.88 Å². The fourth-order valence-electron chi connectivity index (χ4n) is 3.92. The Morgan fingerprint density at radius 1 is 1.29 bits per heavy atom. The van der Waals surface area contributed by atoms with Gasteiger partial charge in [0.05, 0.1) is 6.10 Å². The van der Waals surface area contributed by atoms with Crippen LogP contribution in [0.25, 0.3) is 0 Å². The van der Waals surface area contributed by atoms with Crippen LogP contribution >= 0.6 is 0 Å². The molecule has 1 saturated carbocycles. The van der Waals surface area contributed by atoms with Gasteiger partial charge in [-0.05, 0) is 51.2 Å². The first kappa shape index (κ1) is 14.5. The zero-order valence-electron chi connectivity index (χ0n) is 12.7. The van der Waals surface area contributed by atoms with Crippen LogP contribution in [-0.4, -0.2) is 39.6 Å². The number of amides is 1. The summed E-state index contributed by atoms with van der Waals surface area (Å²) in [5.41, 5.74) is 1.59. The normalized spacial score (nSPS) is 29.6. The van der Waals surface area contributed by atoms with E-state index in [0.29, 0.717) is 0 Å². The van der Waals surface area contributed by atoms with Crippen molar-refractivity contribution in [2.24, 2.45) is 5.92 Å². The molecular weight excluding hydrogens is 264 g/mol. The molecule has 0 bridgehead atoms. The van der Waals surface area contributed by atoms with Crippen LogP contribution in [0.1, 0.15) is 54.6 Å². The molecule has 1 aromatic heterocycles. The van der Waals surface area contributed by atoms with E-state index in [1.54, 1.807) is 12.3 Å². The third kappa shape index (κ3) is 2.95. The van der Waals surface area contributed by atoms with Gasteiger partial charge in [-0.1, -0.05) is 6.42 Å². The number of carbonyl (C=O) groups excluding carboxylic acids is 1. The SMILES string of the molecule is Cc1cc(C(=O)N2CCCCC2C2CCCC2O)ccn1. The van der Waals surface area contributed by atoms with Crippen LogP contribution < -0.4 is 0 Å². The van der Waals surface area contributed by atoms with E-state index >= 15 is 0 Å². The van der Waals surface area contributed by atoms with Crippen LogP contribution in [0.4, 0.5) is 0 Å². The highest BCUT2D eigenvalue weighted by atomic mass is 16.3. The molecule has 2 heterocycles. The molecule has 1 aliphatic carbocycles. The molecule has 3 atom stereocenters. The van der Waals surface area contributed by atoms with Crippen molar-refractivity contribution in [2.75, 3.05) is 6.54 Å². The van der Waals surface area contributed by atoms with Crippen LogP contribution in [0.2, 0.25) is 0 Å². The quantitative estimate of drug-likeness (QED) is 0.910. The molecule has 1 amide bonds. The average Bonchev–Trinajstić information content (AvgIpc) is 2.92. The van der Waals surface area contributed by atoms with E-state index in [9.17, 15) is 9.90 Å². The predicted octanol–water partition coefficient (Wildman–Crippen LogP) is 2.55. The lowest BCUT2D eigenvalue weighted by atomic mass is 9.87. The molecule has 2 fully saturated rings. The minimum absolute atomic E-state index is 0.101. The number of aryl methyl sites for hydroxylation is 1. The first-order valence-electron chi connectivity index (χ1n) is 8.08. The monoisotopic (exact) mass is 288 g/mol. The second-order valence-corrected chi connectivity index (χ2v) is 6.41. The Kier molecular flexibility index (Phi) is 4.24. The van der Waals surface area contributed by atoms with Crippen molar-refractivity contribution in [3.63, 3.8) is 0 Å². The van der Waals surface area contributed by atoms with E-state index in [-0.39, 0.29) is 24.0 Å². The molecule has 3 rings (SSSR count). The van der Waals surface area contributed by atoms with Gasteiger partial charge in [0.1, 0.15) is 0 Å². The van der Waals surface area contributed by atoms with Gasteiger partial charge in [0.2, 0.25) is 0 Å². The summed E-state index contributed by atoms with van der Waals surface area (Å²) in [4.78, 5) is 19.0. The molecule has 0 radical (unpaired) electrons. The standard InChI is InChI=1S/C17H24N2O2/c1-12-11-13(8-9-18-12)17(21)19-10-3-2-6-15(19)14-5-4-7-16(14)20/h8-9,11,14-16,20H,2-7,10H2,1H3. The lowest BCUT2D eigenvalue weighted by molar-refractivity contribution is 0.0287. The highest BCUT2D eigenvalue weighted by Gasteiger charge is 2.38. The number of aliphatic hydroxyl groups excluding tert-OH is 1. The summed E-state index contributed by atoms with van der Waals surface area (Å²) >= 11 is 0. The van der Waals surface area contributed by atoms with E-state index in [4.69, 9.17) is 0 Å². The average molecular weight is 288 g/mol. The van der Waals surface area contributed by atoms with Gasteiger partial charge < -0.3 is 10.0 Å². The van der Waals surface area contributed by atoms with Crippen molar-refractivity contribution < 1.29 is 9.90 Å². The Morgan fingerprint density at radius 2 is 2.14 bits per heavy atom. The van der Waals surface area contributed by atoms with Crippen LogP contribution in [0.3, 0.4) is 0 Å². The first-order chi connectivity index (χ1) is 10.2. The number of piperidine rings is 1. The smallest absolute Gasteiger partial charge is 0.254 e. The predicted molar refractivity (Wildman–Crippen MR) is 81.0 cm³/mol. The second kappa shape index (κ2) is 6.14. The number of likely N-dealkylation sites (tertiary alicyclic amines) is 1. The summed E-state index contributed by atoms with van der Waals surface area (Å²) in [6.45, 7) is 2.72. The molecular formula is C17H24N2O2. The topological polar surface area (TPSA) is 53.4 Å². The van der Waals surface area contributed by atoms with Gasteiger partial charge in [-0.2, -0.15) is 0 Å². The minimum Gasteiger partial charge on any atom is -0.393 e. The van der Waals surface area contributed by atoms with Gasteiger partial charge in [0.25, 0.3) is 5.91 Å². The van der Waals surface area contributed by atoms with Crippen molar-refractivity contribution in [3.8, 4) is 0 Å². The summed E-state index contributed by atoms with van der Waals surface area (Å²) in [7, 11) is 0. The zero-order valence-corrected chi connectivity index (χ0v) is 12.7. The van der Waals surface area contributed by atoms with E-state index < -0.39 is 0 Å². The molecule has 114 valence electrons. The van der Waals surface area contributed by atoms with Gasteiger partial charge in [-0.15, -0.1) is 0 Å². The fourth-order valence-corrected chi connectivity index (χ4v) is 3.92. The van der Waals surface area contributed by atoms with Crippen molar-refractivity contribution in [3.05, 3.63) is 29.6 Å². The lowest BCUT2D eigenvalue weighted by Crippen LogP contribution is -2.49. The number of rotatable bonds is 2. The van der Waals surface area contributed by atoms with E-state index in [1.807, 2.05) is 17.9 Å². The zero-order chi connectivity index (χ0) is 14.8. The third-order valence-electron chi connectivity index (χ3n) is 4.98. The largest absolute Gasteiger partial charge is 0.393 e. The summed E-state index contributed by atoms with van der Waals surface area (Å²) in [6.07, 6.45) is 7.73. The number of carbonyl (C=O) groups is 1. The minimum atomic E-state index is -0.234. The molecule has 4 heteroatoms. The highest BCUT2D eigenvalue weighted by Crippen LogP contribution is 2.35. The fraction of sp³-hybridized carbons (Fsp3) is 0.647. The molecule has 2 aliphatic rings. The number of nitrogens with zero attached hydrogens (tertiary/aromatic N) is 2. The lowest BCUT2D eigenvalue weighted by Gasteiger charge is -2.40. The highest BCUT2D eigenvalue weighted by molar-refractivity contribution is 5.94. The summed E-state index contributed by atoms with van der Waals surface area (Å²) in [6, 6.07) is 3.86. The summed E-state index contributed by atoms with van der Waals surface area (Å²) in [5.74, 6) is 0.362. The van der Waals surface area contributed by atoms with Crippen molar-refractivity contribution in [2.45, 2.75) is 57.6 Å². The maximum atomic E-state index is 12.8. The van der Waals surface area contributed by atoms with Gasteiger partial charge >= 0.3 is 0 Å². The van der Waals surface area contributed by atoms with Gasteiger partial charge in [0, 0.05) is 36.0 Å². The van der Waals surface area contributed by atoms with Crippen molar-refractivity contribution in [1.29, 1.82) is 0 Å². The molecule has 1 aliphatic heterocycles. The Bertz CT molecular complexity index is 517. The molecule has 1 N–H and O–H groups in total. The second-order valence-electron chi connectivity index (χ2n) is 6.41. The van der Waals surface area contributed by atoms with Crippen LogP contribution in [-0.2, 0) is 0 Å². The Labute approximate surface area is 126 Å². The maximum absolute atomic E-state index is 12.8. The van der Waals surface area contributed by atoms with Crippen LogP contribution in [0.5, 0.6) is 0 Å². The molecule has 1 aromatic rings. The third-order valence-corrected chi connectivity index (χ3v) is 4.98. The van der Waals surface area contributed by atoms with Gasteiger partial charge in [-0.3, -0.25) is 9.78 Å². The van der Waals surface area contributed by atoms with Crippen LogP contribution in [0, 0.1) is 12.8 Å². The number of hydrogen-bond acceptors (Lipinski definition) is 3. The van der Waals surface area contributed by atoms with E-state index in [2.05, 4.69) is 4.98 Å². The Balaban J connectivity index is 1.82. The molecule has 0 aromatic carbocycles. The van der Waals surface area contributed by atoms with Crippen LogP contribution in [0.15, 0.2) is 18.3 Å². The van der Waals surface area contributed by atoms with Gasteiger partial charge in [-0.25, -0.2) is 0 Å². The Morgan fingerprint density at radius 3 is 2.86 bits per heavy atom. The molecule has 3 unspecified atom stereocenters. The molecule has 21 heavy (non-hydrogen) atoms. The molecule has 4 nitrogen and oxygen atoms in total. The molecule has 0 spiro atoms. The maximum Gasteiger partial charge on any atom is 0.254 e. The number of aromatic nitrogens is 1. The van der Waals surface area contributed by atoms with Gasteiger partial charge in [0.15, 0.2) is 0 Å².